The van der Waals surface area contributed by atoms with Gasteiger partial charge in [-0.3, -0.25) is 0 Å². The molecule has 2 aromatic carbocycles. The number of nitrogens with two attached hydrogens (primary N) is 1. The predicted molar refractivity (Wildman–Crippen MR) is 111 cm³/mol. The molecular formula is C20H23F3N4O2S. The van der Waals surface area contributed by atoms with Crippen LogP contribution in [0.1, 0.15) is 19.5 Å². The third-order valence-electron chi connectivity index (χ3n) is 4.09. The smallest absolute Gasteiger partial charge is 0.378 e. The van der Waals surface area contributed by atoms with E-state index in [-0.39, 0.29) is 16.3 Å². The van der Waals surface area contributed by atoms with Crippen molar-refractivity contribution in [1.29, 1.82) is 0 Å². The van der Waals surface area contributed by atoms with Gasteiger partial charge in [0.1, 0.15) is 0 Å². The molecule has 0 aliphatic carbocycles. The molecule has 30 heavy (non-hydrogen) atoms. The summed E-state index contributed by atoms with van der Waals surface area (Å²) in [5.41, 5.74) is 0.873. The maximum absolute atomic E-state index is 13.2. The van der Waals surface area contributed by atoms with Crippen LogP contribution in [0.4, 0.5) is 18.9 Å². The fourth-order valence-electron chi connectivity index (χ4n) is 2.63. The topological polar surface area (TPSA) is 81.2 Å². The summed E-state index contributed by atoms with van der Waals surface area (Å²) in [6.45, 7) is 4.00. The van der Waals surface area contributed by atoms with Gasteiger partial charge in [-0.1, -0.05) is 26.0 Å². The number of benzene rings is 2. The third-order valence-corrected chi connectivity index (χ3v) is 5.02. The maximum atomic E-state index is 13.2. The minimum absolute atomic E-state index is 0.142. The van der Waals surface area contributed by atoms with Crippen LogP contribution in [0.25, 0.3) is 16.9 Å². The van der Waals surface area contributed by atoms with Crippen molar-refractivity contribution in [1.82, 2.24) is 9.78 Å². The molecule has 0 spiro atoms. The Morgan fingerprint density at radius 1 is 0.967 bits per heavy atom. The summed E-state index contributed by atoms with van der Waals surface area (Å²) >= 11 is 0. The molecule has 0 aliphatic heterocycles. The van der Waals surface area contributed by atoms with Gasteiger partial charge in [0.15, 0.2) is 5.69 Å². The number of sulfonamides is 1. The molecule has 0 unspecified atom stereocenters. The molecule has 0 bridgehead atoms. The second kappa shape index (κ2) is 8.88. The highest BCUT2D eigenvalue weighted by molar-refractivity contribution is 7.89. The van der Waals surface area contributed by atoms with E-state index in [1.807, 2.05) is 32.8 Å². The first-order valence-electron chi connectivity index (χ1n) is 9.05. The standard InChI is InChI=1S/C18H17F3N4O2S.C2H6/c1-24(2)13-5-3-12(4-6-13)16-11-17(18(19,20)21)23-25(16)14-7-9-15(10-8-14)28(22,26)27;1-2/h3-11H,1-2H3,(H2,22,26,27);1-2H3. The number of alkyl halides is 3. The number of rotatable bonds is 4. The summed E-state index contributed by atoms with van der Waals surface area (Å²) in [5.74, 6) is 0. The Labute approximate surface area is 173 Å². The van der Waals surface area contributed by atoms with E-state index in [0.717, 1.165) is 16.4 Å². The lowest BCUT2D eigenvalue weighted by Crippen LogP contribution is -2.12. The number of nitrogens with zero attached hydrogens (tertiary/aromatic N) is 3. The summed E-state index contributed by atoms with van der Waals surface area (Å²) in [6, 6.07) is 13.1. The van der Waals surface area contributed by atoms with E-state index in [1.54, 1.807) is 24.3 Å². The van der Waals surface area contributed by atoms with E-state index in [2.05, 4.69) is 5.10 Å². The second-order valence-corrected chi connectivity index (χ2v) is 7.87. The van der Waals surface area contributed by atoms with Crippen molar-refractivity contribution in [3.05, 3.63) is 60.3 Å². The van der Waals surface area contributed by atoms with Gasteiger partial charge in [-0.2, -0.15) is 18.3 Å². The van der Waals surface area contributed by atoms with Crippen molar-refractivity contribution in [2.45, 2.75) is 24.9 Å². The molecule has 1 aromatic heterocycles. The molecule has 0 saturated heterocycles. The molecule has 0 radical (unpaired) electrons. The summed E-state index contributed by atoms with van der Waals surface area (Å²) < 4.78 is 63.6. The first kappa shape index (κ1) is 23.4. The molecular weight excluding hydrogens is 417 g/mol. The molecule has 3 rings (SSSR count). The molecule has 6 nitrogen and oxygen atoms in total. The van der Waals surface area contributed by atoms with Crippen molar-refractivity contribution in [3.63, 3.8) is 0 Å². The molecule has 162 valence electrons. The van der Waals surface area contributed by atoms with Crippen molar-refractivity contribution in [3.8, 4) is 16.9 Å². The highest BCUT2D eigenvalue weighted by atomic mass is 32.2. The van der Waals surface area contributed by atoms with E-state index in [1.165, 1.54) is 24.3 Å². The maximum Gasteiger partial charge on any atom is 0.435 e. The van der Waals surface area contributed by atoms with Crippen LogP contribution in [0.2, 0.25) is 0 Å². The van der Waals surface area contributed by atoms with E-state index < -0.39 is 21.9 Å². The van der Waals surface area contributed by atoms with E-state index in [9.17, 15) is 21.6 Å². The SMILES string of the molecule is CC.CN(C)c1ccc(-c2cc(C(F)(F)F)nn2-c2ccc(S(N)(=O)=O)cc2)cc1. The van der Waals surface area contributed by atoms with Crippen LogP contribution in [0, 0.1) is 0 Å². The molecule has 0 aliphatic rings. The average molecular weight is 440 g/mol. The Bertz CT molecular complexity index is 1090. The summed E-state index contributed by atoms with van der Waals surface area (Å²) in [5, 5.41) is 8.74. The Hall–Kier alpha value is -2.85. The van der Waals surface area contributed by atoms with Crippen LogP contribution in [-0.2, 0) is 16.2 Å². The van der Waals surface area contributed by atoms with Gasteiger partial charge in [0.05, 0.1) is 16.3 Å². The summed E-state index contributed by atoms with van der Waals surface area (Å²) in [4.78, 5) is 1.73. The van der Waals surface area contributed by atoms with Gasteiger partial charge < -0.3 is 4.90 Å². The first-order valence-corrected chi connectivity index (χ1v) is 10.6. The highest BCUT2D eigenvalue weighted by Crippen LogP contribution is 2.33. The molecule has 1 heterocycles. The van der Waals surface area contributed by atoms with Gasteiger partial charge in [0, 0.05) is 25.3 Å². The fraction of sp³-hybridized carbons (Fsp3) is 0.250. The zero-order valence-electron chi connectivity index (χ0n) is 17.0. The van der Waals surface area contributed by atoms with Crippen LogP contribution >= 0.6 is 0 Å². The Balaban J connectivity index is 0.00000155. The Kier molecular flexibility index (Phi) is 6.94. The highest BCUT2D eigenvalue weighted by Gasteiger charge is 2.35. The molecule has 0 amide bonds. The van der Waals surface area contributed by atoms with Gasteiger partial charge in [-0.05, 0) is 42.5 Å². The fourth-order valence-corrected chi connectivity index (χ4v) is 3.14. The van der Waals surface area contributed by atoms with Gasteiger partial charge in [0.2, 0.25) is 10.0 Å². The summed E-state index contributed by atoms with van der Waals surface area (Å²) in [6.07, 6.45) is -4.62. The molecule has 0 saturated carbocycles. The molecule has 3 aromatic rings. The molecule has 10 heteroatoms. The van der Waals surface area contributed by atoms with Crippen LogP contribution in [0.3, 0.4) is 0 Å². The monoisotopic (exact) mass is 440 g/mol. The van der Waals surface area contributed by atoms with Crippen LogP contribution in [0.5, 0.6) is 0 Å². The quantitative estimate of drug-likeness (QED) is 0.656. The van der Waals surface area contributed by atoms with E-state index in [4.69, 9.17) is 5.14 Å². The number of anilines is 1. The van der Waals surface area contributed by atoms with Gasteiger partial charge >= 0.3 is 6.18 Å². The lowest BCUT2D eigenvalue weighted by Gasteiger charge is -2.13. The van der Waals surface area contributed by atoms with E-state index >= 15 is 0 Å². The first-order chi connectivity index (χ1) is 14.0. The molecule has 0 atom stereocenters. The van der Waals surface area contributed by atoms with Crippen molar-refractivity contribution in [2.24, 2.45) is 5.14 Å². The largest absolute Gasteiger partial charge is 0.435 e. The van der Waals surface area contributed by atoms with Gasteiger partial charge in [0.25, 0.3) is 0 Å². The Morgan fingerprint density at radius 3 is 1.93 bits per heavy atom. The lowest BCUT2D eigenvalue weighted by atomic mass is 10.1. The van der Waals surface area contributed by atoms with Gasteiger partial charge in [-0.15, -0.1) is 0 Å². The normalized spacial score (nSPS) is 11.6. The summed E-state index contributed by atoms with van der Waals surface area (Å²) in [7, 11) is -0.199. The van der Waals surface area contributed by atoms with Crippen LogP contribution in [0.15, 0.2) is 59.5 Å². The number of hydrogen-bond acceptors (Lipinski definition) is 4. The zero-order valence-corrected chi connectivity index (χ0v) is 17.8. The van der Waals surface area contributed by atoms with Crippen molar-refractivity contribution < 1.29 is 21.6 Å². The third kappa shape index (κ3) is 5.19. The number of aromatic nitrogens is 2. The zero-order chi connectivity index (χ0) is 22.7. The number of hydrogen-bond donors (Lipinski definition) is 1. The molecule has 0 fully saturated rings. The van der Waals surface area contributed by atoms with E-state index in [0.29, 0.717) is 5.56 Å². The number of halogens is 3. The lowest BCUT2D eigenvalue weighted by molar-refractivity contribution is -0.141. The Morgan fingerprint density at radius 2 is 1.50 bits per heavy atom. The van der Waals surface area contributed by atoms with Crippen molar-refractivity contribution in [2.75, 3.05) is 19.0 Å². The van der Waals surface area contributed by atoms with Crippen LogP contribution in [-0.4, -0.2) is 32.3 Å². The predicted octanol–water partition coefficient (Wildman–Crippen LogP) is 4.30. The average Bonchev–Trinajstić information content (AvgIpc) is 3.15. The second-order valence-electron chi connectivity index (χ2n) is 6.30. The van der Waals surface area contributed by atoms with Gasteiger partial charge in [-0.25, -0.2) is 18.2 Å². The number of primary sulfonamides is 1. The minimum atomic E-state index is -4.62. The van der Waals surface area contributed by atoms with Crippen molar-refractivity contribution >= 4 is 15.7 Å². The van der Waals surface area contributed by atoms with Crippen LogP contribution < -0.4 is 10.0 Å². The molecule has 2 N–H and O–H groups in total. The minimum Gasteiger partial charge on any atom is -0.378 e.